The largest absolute Gasteiger partial charge is 0.501 e. The fourth-order valence-electron chi connectivity index (χ4n) is 0.948. The Morgan fingerprint density at radius 2 is 1.69 bits per heavy atom. The zero-order valence-corrected chi connectivity index (χ0v) is 9.55. The third-order valence-corrected chi connectivity index (χ3v) is 4.47. The number of carbonyl (C=O) groups is 1. The van der Waals surface area contributed by atoms with Gasteiger partial charge in [-0.3, -0.25) is 4.79 Å². The van der Waals surface area contributed by atoms with Gasteiger partial charge in [-0.25, -0.2) is 0 Å². The van der Waals surface area contributed by atoms with Gasteiger partial charge in [0.15, 0.2) is 0 Å². The van der Waals surface area contributed by atoms with Gasteiger partial charge >= 0.3 is 8.80 Å². The van der Waals surface area contributed by atoms with E-state index in [9.17, 15) is 4.79 Å². The number of hydrogen-bond acceptors (Lipinski definition) is 4. The van der Waals surface area contributed by atoms with Gasteiger partial charge in [-0.2, -0.15) is 0 Å². The number of hydrogen-bond donors (Lipinski definition) is 1. The van der Waals surface area contributed by atoms with Gasteiger partial charge in [0.25, 0.3) is 0 Å². The molecule has 5 nitrogen and oxygen atoms in total. The molecule has 78 valence electrons. The Morgan fingerprint density at radius 1 is 1.23 bits per heavy atom. The van der Waals surface area contributed by atoms with E-state index >= 15 is 0 Å². The molecule has 0 unspecified atom stereocenters. The highest BCUT2D eigenvalue weighted by molar-refractivity contribution is 6.60. The lowest BCUT2D eigenvalue weighted by atomic mass is 10.6. The summed E-state index contributed by atoms with van der Waals surface area (Å²) in [6.45, 7) is 1.98. The predicted molar refractivity (Wildman–Crippen MR) is 50.3 cm³/mol. The van der Waals surface area contributed by atoms with Gasteiger partial charge < -0.3 is 18.6 Å². The quantitative estimate of drug-likeness (QED) is 0.623. The average Bonchev–Trinajstić information content (AvgIpc) is 2.13. The van der Waals surface area contributed by atoms with Crippen LogP contribution < -0.4 is 5.32 Å². The summed E-state index contributed by atoms with van der Waals surface area (Å²) >= 11 is 0. The summed E-state index contributed by atoms with van der Waals surface area (Å²) in [6.07, 6.45) is 0. The van der Waals surface area contributed by atoms with Crippen LogP contribution in [0.2, 0.25) is 6.04 Å². The van der Waals surface area contributed by atoms with E-state index in [1.165, 1.54) is 6.92 Å². The number of carbonyl (C=O) groups excluding carboxylic acids is 1. The fourth-order valence-corrected chi connectivity index (χ4v) is 2.49. The van der Waals surface area contributed by atoms with E-state index in [0.717, 1.165) is 0 Å². The van der Waals surface area contributed by atoms with E-state index in [4.69, 9.17) is 13.3 Å². The first-order chi connectivity index (χ1) is 6.10. The molecule has 13 heavy (non-hydrogen) atoms. The van der Waals surface area contributed by atoms with Crippen molar-refractivity contribution in [1.82, 2.24) is 5.32 Å². The Kier molecular flexibility index (Phi) is 5.88. The van der Waals surface area contributed by atoms with Gasteiger partial charge in [0.2, 0.25) is 5.91 Å². The van der Waals surface area contributed by atoms with Crippen molar-refractivity contribution < 1.29 is 18.1 Å². The Labute approximate surface area is 79.7 Å². The Balaban J connectivity index is 3.88. The molecule has 0 radical (unpaired) electrons. The number of amides is 1. The molecule has 0 aromatic carbocycles. The summed E-state index contributed by atoms with van der Waals surface area (Å²) in [5.74, 6) is -0.0637. The summed E-state index contributed by atoms with van der Waals surface area (Å²) in [4.78, 5) is 10.6. The van der Waals surface area contributed by atoms with Crippen molar-refractivity contribution in [1.29, 1.82) is 0 Å². The van der Waals surface area contributed by atoms with Crippen LogP contribution in [0.1, 0.15) is 6.92 Å². The van der Waals surface area contributed by atoms with Crippen LogP contribution in [0.4, 0.5) is 0 Å². The van der Waals surface area contributed by atoms with E-state index in [-0.39, 0.29) is 5.91 Å². The lowest BCUT2D eigenvalue weighted by Gasteiger charge is -2.24. The van der Waals surface area contributed by atoms with Gasteiger partial charge in [-0.05, 0) is 0 Å². The second kappa shape index (κ2) is 6.09. The molecule has 0 aliphatic carbocycles. The molecule has 0 aliphatic heterocycles. The minimum Gasteiger partial charge on any atom is -0.377 e. The summed E-state index contributed by atoms with van der Waals surface area (Å²) in [5, 5.41) is 2.66. The molecule has 1 amide bonds. The van der Waals surface area contributed by atoms with E-state index in [1.54, 1.807) is 21.3 Å². The minimum absolute atomic E-state index is 0.0637. The molecule has 0 aromatic rings. The van der Waals surface area contributed by atoms with Crippen LogP contribution in [0.25, 0.3) is 0 Å². The molecule has 0 fully saturated rings. The van der Waals surface area contributed by atoms with Crippen molar-refractivity contribution in [2.24, 2.45) is 0 Å². The highest BCUT2D eigenvalue weighted by Gasteiger charge is 2.37. The molecule has 0 aliphatic rings. The van der Waals surface area contributed by atoms with E-state index < -0.39 is 8.80 Å². The zero-order chi connectivity index (χ0) is 10.3. The highest BCUT2D eigenvalue weighted by Crippen LogP contribution is 2.10. The third-order valence-electron chi connectivity index (χ3n) is 1.74. The first kappa shape index (κ1) is 12.6. The lowest BCUT2D eigenvalue weighted by molar-refractivity contribution is -0.118. The maximum atomic E-state index is 10.6. The van der Waals surface area contributed by atoms with Crippen LogP contribution >= 0.6 is 0 Å². The first-order valence-electron chi connectivity index (χ1n) is 4.00. The van der Waals surface area contributed by atoms with Gasteiger partial charge in [0.05, 0.1) is 0 Å². The molecule has 0 saturated heterocycles. The van der Waals surface area contributed by atoms with Gasteiger partial charge in [-0.15, -0.1) is 0 Å². The van der Waals surface area contributed by atoms with Crippen LogP contribution in [0.15, 0.2) is 0 Å². The molecule has 0 spiro atoms. The van der Waals surface area contributed by atoms with Gasteiger partial charge in [0.1, 0.15) is 0 Å². The average molecular weight is 207 g/mol. The summed E-state index contributed by atoms with van der Waals surface area (Å²) in [5.41, 5.74) is 0. The highest BCUT2D eigenvalue weighted by atomic mass is 28.4. The molecule has 1 N–H and O–H groups in total. The Bertz CT molecular complexity index is 152. The number of nitrogens with one attached hydrogen (secondary N) is 1. The smallest absolute Gasteiger partial charge is 0.377 e. The van der Waals surface area contributed by atoms with Crippen molar-refractivity contribution in [3.8, 4) is 0 Å². The van der Waals surface area contributed by atoms with Crippen molar-refractivity contribution in [3.63, 3.8) is 0 Å². The standard InChI is InChI=1S/C7H17NO4Si/c1-7(9)8-5-6-13(10-2,11-3)12-4/h5-6H2,1-4H3,(H,8,9). The maximum absolute atomic E-state index is 10.6. The van der Waals surface area contributed by atoms with Crippen molar-refractivity contribution in [2.75, 3.05) is 27.9 Å². The minimum atomic E-state index is -2.50. The zero-order valence-electron chi connectivity index (χ0n) is 8.55. The molecule has 0 aromatic heterocycles. The molecule has 0 saturated carbocycles. The monoisotopic (exact) mass is 207 g/mol. The van der Waals surface area contributed by atoms with Gasteiger partial charge in [-0.1, -0.05) is 0 Å². The van der Waals surface area contributed by atoms with E-state index in [1.807, 2.05) is 0 Å². The third kappa shape index (κ3) is 4.37. The second-order valence-corrected chi connectivity index (χ2v) is 5.62. The molecule has 0 heterocycles. The fraction of sp³-hybridized carbons (Fsp3) is 0.857. The number of rotatable bonds is 6. The molecular formula is C7H17NO4Si. The Hall–Kier alpha value is -0.433. The summed E-state index contributed by atoms with van der Waals surface area (Å²) < 4.78 is 15.5. The van der Waals surface area contributed by atoms with E-state index in [2.05, 4.69) is 5.32 Å². The van der Waals surface area contributed by atoms with E-state index in [0.29, 0.717) is 12.6 Å². The maximum Gasteiger partial charge on any atom is 0.501 e. The van der Waals surface area contributed by atoms with Crippen molar-refractivity contribution >= 4 is 14.7 Å². The summed E-state index contributed by atoms with van der Waals surface area (Å²) in [7, 11) is 2.15. The van der Waals surface area contributed by atoms with Gasteiger partial charge in [0, 0.05) is 40.8 Å². The first-order valence-corrected chi connectivity index (χ1v) is 5.93. The molecular weight excluding hydrogens is 190 g/mol. The molecule has 0 bridgehead atoms. The molecule has 0 atom stereocenters. The van der Waals surface area contributed by atoms with Crippen LogP contribution in [0.5, 0.6) is 0 Å². The molecule has 6 heteroatoms. The topological polar surface area (TPSA) is 56.8 Å². The van der Waals surface area contributed by atoms with Crippen LogP contribution in [0.3, 0.4) is 0 Å². The van der Waals surface area contributed by atoms with Crippen molar-refractivity contribution in [2.45, 2.75) is 13.0 Å². The normalized spacial score (nSPS) is 11.4. The Morgan fingerprint density at radius 3 is 2.00 bits per heavy atom. The second-order valence-electron chi connectivity index (χ2n) is 2.53. The van der Waals surface area contributed by atoms with Crippen molar-refractivity contribution in [3.05, 3.63) is 0 Å². The molecule has 0 rings (SSSR count). The van der Waals surface area contributed by atoms with Crippen LogP contribution in [0, 0.1) is 0 Å². The van der Waals surface area contributed by atoms with Crippen LogP contribution in [-0.4, -0.2) is 42.6 Å². The SMILES string of the molecule is CO[Si](CCNC(C)=O)(OC)OC. The predicted octanol–water partition coefficient (Wildman–Crippen LogP) is 0.000600. The lowest BCUT2D eigenvalue weighted by Crippen LogP contribution is -2.45. The summed E-state index contributed by atoms with van der Waals surface area (Å²) in [6, 6.07) is 0.579. The van der Waals surface area contributed by atoms with Crippen LogP contribution in [-0.2, 0) is 18.1 Å².